The molecular weight excluding hydrogens is 444 g/mol. The van der Waals surface area contributed by atoms with Gasteiger partial charge >= 0.3 is 6.03 Å². The fraction of sp³-hybridized carbons (Fsp3) is 0.269. The number of amides is 2. The highest BCUT2D eigenvalue weighted by molar-refractivity contribution is 5.92. The van der Waals surface area contributed by atoms with E-state index >= 15 is 0 Å². The van der Waals surface area contributed by atoms with Crippen molar-refractivity contribution in [1.29, 1.82) is 0 Å². The third-order valence-electron chi connectivity index (χ3n) is 5.78. The molecule has 4 aromatic rings. The SMILES string of the molecule is CCCCc1nc2cc(NC(=O)NCc3ccccc3)c(C)nc2n1Cc1ccc([N+](=O)[O-])cc1. The summed E-state index contributed by atoms with van der Waals surface area (Å²) in [6, 6.07) is 17.8. The molecule has 180 valence electrons. The number of fused-ring (bicyclic) bond motifs is 1. The minimum atomic E-state index is -0.404. The number of nitrogens with one attached hydrogen (secondary N) is 2. The number of rotatable bonds is 9. The molecule has 0 spiro atoms. The Morgan fingerprint density at radius 3 is 2.49 bits per heavy atom. The Kier molecular flexibility index (Phi) is 7.35. The van der Waals surface area contributed by atoms with Crippen LogP contribution in [0, 0.1) is 17.0 Å². The summed E-state index contributed by atoms with van der Waals surface area (Å²) in [6.45, 7) is 4.90. The Hall–Kier alpha value is -4.27. The van der Waals surface area contributed by atoms with Gasteiger partial charge in [0.2, 0.25) is 0 Å². The molecule has 0 aliphatic rings. The first-order valence-electron chi connectivity index (χ1n) is 11.6. The first-order valence-corrected chi connectivity index (χ1v) is 11.6. The topological polar surface area (TPSA) is 115 Å². The lowest BCUT2D eigenvalue weighted by Crippen LogP contribution is -2.28. The minimum Gasteiger partial charge on any atom is -0.334 e. The number of aryl methyl sites for hydroxylation is 2. The molecule has 2 aromatic carbocycles. The summed E-state index contributed by atoms with van der Waals surface area (Å²) in [5, 5.41) is 16.7. The second-order valence-corrected chi connectivity index (χ2v) is 8.40. The molecule has 0 bridgehead atoms. The molecule has 0 aliphatic carbocycles. The van der Waals surface area contributed by atoms with Crippen LogP contribution in [0.25, 0.3) is 11.2 Å². The minimum absolute atomic E-state index is 0.0608. The van der Waals surface area contributed by atoms with Gasteiger partial charge < -0.3 is 15.2 Å². The number of imidazole rings is 1. The molecule has 35 heavy (non-hydrogen) atoms. The van der Waals surface area contributed by atoms with Gasteiger partial charge in [-0.15, -0.1) is 0 Å². The first-order chi connectivity index (χ1) is 16.9. The average molecular weight is 473 g/mol. The number of unbranched alkanes of at least 4 members (excludes halogenated alkanes) is 1. The number of nitrogens with zero attached hydrogens (tertiary/aromatic N) is 4. The molecular formula is C26H28N6O3. The standard InChI is InChI=1S/C26H28N6O3/c1-3-4-10-24-29-23-15-22(30-26(33)27-16-19-8-6-5-7-9-19)18(2)28-25(23)31(24)17-20-11-13-21(14-12-20)32(34)35/h5-9,11-15H,3-4,10,16-17H2,1-2H3,(H2,27,30,33). The van der Waals surface area contributed by atoms with E-state index in [0.717, 1.165) is 41.9 Å². The number of hydrogen-bond acceptors (Lipinski definition) is 5. The van der Waals surface area contributed by atoms with Crippen LogP contribution in [0.15, 0.2) is 60.7 Å². The van der Waals surface area contributed by atoms with E-state index in [1.165, 1.54) is 12.1 Å². The second-order valence-electron chi connectivity index (χ2n) is 8.40. The lowest BCUT2D eigenvalue weighted by Gasteiger charge is -2.11. The monoisotopic (exact) mass is 472 g/mol. The van der Waals surface area contributed by atoms with Gasteiger partial charge in [-0.05, 0) is 30.5 Å². The molecule has 0 atom stereocenters. The van der Waals surface area contributed by atoms with Gasteiger partial charge in [-0.3, -0.25) is 10.1 Å². The van der Waals surface area contributed by atoms with Gasteiger partial charge in [0.25, 0.3) is 5.69 Å². The van der Waals surface area contributed by atoms with E-state index in [-0.39, 0.29) is 11.7 Å². The highest BCUT2D eigenvalue weighted by atomic mass is 16.6. The molecule has 2 amide bonds. The summed E-state index contributed by atoms with van der Waals surface area (Å²) in [7, 11) is 0. The summed E-state index contributed by atoms with van der Waals surface area (Å²) in [4.78, 5) is 32.6. The van der Waals surface area contributed by atoms with Crippen LogP contribution < -0.4 is 10.6 Å². The van der Waals surface area contributed by atoms with E-state index in [0.29, 0.717) is 30.0 Å². The van der Waals surface area contributed by atoms with Gasteiger partial charge in [0.1, 0.15) is 11.3 Å². The molecule has 0 fully saturated rings. The molecule has 0 saturated carbocycles. The van der Waals surface area contributed by atoms with Crippen LogP contribution >= 0.6 is 0 Å². The lowest BCUT2D eigenvalue weighted by molar-refractivity contribution is -0.384. The number of aromatic nitrogens is 3. The molecule has 0 radical (unpaired) electrons. The maximum absolute atomic E-state index is 12.5. The molecule has 9 heteroatoms. The normalized spacial score (nSPS) is 10.9. The molecule has 0 unspecified atom stereocenters. The van der Waals surface area contributed by atoms with Crippen molar-refractivity contribution in [3.8, 4) is 0 Å². The number of pyridine rings is 1. The van der Waals surface area contributed by atoms with Gasteiger partial charge in [0.05, 0.1) is 22.8 Å². The van der Waals surface area contributed by atoms with Crippen molar-refractivity contribution in [3.63, 3.8) is 0 Å². The maximum atomic E-state index is 12.5. The van der Waals surface area contributed by atoms with Gasteiger partial charge in [-0.25, -0.2) is 14.8 Å². The van der Waals surface area contributed by atoms with Crippen LogP contribution in [0.5, 0.6) is 0 Å². The summed E-state index contributed by atoms with van der Waals surface area (Å²) in [5.41, 5.74) is 4.70. The Balaban J connectivity index is 1.57. The van der Waals surface area contributed by atoms with Crippen molar-refractivity contribution in [2.75, 3.05) is 5.32 Å². The zero-order valence-electron chi connectivity index (χ0n) is 19.8. The predicted octanol–water partition coefficient (Wildman–Crippen LogP) is 5.36. The number of non-ortho nitro benzene ring substituents is 1. The van der Waals surface area contributed by atoms with E-state index in [1.54, 1.807) is 12.1 Å². The predicted molar refractivity (Wildman–Crippen MR) is 135 cm³/mol. The van der Waals surface area contributed by atoms with Gasteiger partial charge in [0, 0.05) is 25.1 Å². The van der Waals surface area contributed by atoms with Crippen molar-refractivity contribution < 1.29 is 9.72 Å². The summed E-state index contributed by atoms with van der Waals surface area (Å²) in [6.07, 6.45) is 2.80. The zero-order valence-corrected chi connectivity index (χ0v) is 19.8. The van der Waals surface area contributed by atoms with Crippen LogP contribution in [-0.2, 0) is 19.5 Å². The third kappa shape index (κ3) is 5.81. The number of nitro groups is 1. The number of carbonyl (C=O) groups excluding carboxylic acids is 1. The first kappa shape index (κ1) is 23.9. The summed E-state index contributed by atoms with van der Waals surface area (Å²) >= 11 is 0. The van der Waals surface area contributed by atoms with Crippen molar-refractivity contribution in [1.82, 2.24) is 19.9 Å². The van der Waals surface area contributed by atoms with E-state index in [2.05, 4.69) is 22.1 Å². The lowest BCUT2D eigenvalue weighted by atomic mass is 10.2. The zero-order chi connectivity index (χ0) is 24.8. The van der Waals surface area contributed by atoms with Crippen LogP contribution in [0.3, 0.4) is 0 Å². The Bertz CT molecular complexity index is 1330. The summed E-state index contributed by atoms with van der Waals surface area (Å²) in [5.74, 6) is 0.901. The highest BCUT2D eigenvalue weighted by Crippen LogP contribution is 2.24. The largest absolute Gasteiger partial charge is 0.334 e. The molecule has 9 nitrogen and oxygen atoms in total. The Labute approximate surface area is 203 Å². The number of hydrogen-bond donors (Lipinski definition) is 2. The molecule has 2 heterocycles. The Morgan fingerprint density at radius 1 is 1.06 bits per heavy atom. The third-order valence-corrected chi connectivity index (χ3v) is 5.78. The maximum Gasteiger partial charge on any atom is 0.319 e. The van der Waals surface area contributed by atoms with Crippen molar-refractivity contribution in [2.24, 2.45) is 0 Å². The molecule has 2 N–H and O–H groups in total. The number of urea groups is 1. The number of anilines is 1. The van der Waals surface area contributed by atoms with Gasteiger partial charge in [-0.2, -0.15) is 0 Å². The molecule has 0 saturated heterocycles. The smallest absolute Gasteiger partial charge is 0.319 e. The number of nitro benzene ring substituents is 1. The van der Waals surface area contributed by atoms with Gasteiger partial charge in [0.15, 0.2) is 5.65 Å². The highest BCUT2D eigenvalue weighted by Gasteiger charge is 2.16. The molecule has 4 rings (SSSR count). The van der Waals surface area contributed by atoms with E-state index < -0.39 is 4.92 Å². The van der Waals surface area contributed by atoms with Crippen molar-refractivity contribution in [3.05, 3.63) is 93.4 Å². The van der Waals surface area contributed by atoms with Gasteiger partial charge in [-0.1, -0.05) is 55.8 Å². The van der Waals surface area contributed by atoms with Crippen molar-refractivity contribution >= 4 is 28.6 Å². The summed E-state index contributed by atoms with van der Waals surface area (Å²) < 4.78 is 2.05. The Morgan fingerprint density at radius 2 is 1.80 bits per heavy atom. The van der Waals surface area contributed by atoms with Crippen LogP contribution in [0.1, 0.15) is 42.4 Å². The van der Waals surface area contributed by atoms with Crippen LogP contribution in [0.2, 0.25) is 0 Å². The number of benzene rings is 2. The quantitative estimate of drug-likeness (QED) is 0.251. The average Bonchev–Trinajstić information content (AvgIpc) is 3.18. The van der Waals surface area contributed by atoms with E-state index in [9.17, 15) is 14.9 Å². The fourth-order valence-electron chi connectivity index (χ4n) is 3.85. The van der Waals surface area contributed by atoms with Crippen LogP contribution in [-0.4, -0.2) is 25.5 Å². The second kappa shape index (κ2) is 10.8. The van der Waals surface area contributed by atoms with E-state index in [1.807, 2.05) is 43.3 Å². The van der Waals surface area contributed by atoms with Crippen molar-refractivity contribution in [2.45, 2.75) is 46.2 Å². The van der Waals surface area contributed by atoms with Crippen LogP contribution in [0.4, 0.5) is 16.2 Å². The fourth-order valence-corrected chi connectivity index (χ4v) is 3.85. The molecule has 0 aliphatic heterocycles. The van der Waals surface area contributed by atoms with E-state index in [4.69, 9.17) is 9.97 Å². The number of carbonyl (C=O) groups is 1. The molecule has 2 aromatic heterocycles.